The van der Waals surface area contributed by atoms with E-state index in [1.165, 1.54) is 23.2 Å². The van der Waals surface area contributed by atoms with Crippen LogP contribution >= 0.6 is 11.6 Å². The number of hydrogen-bond donors (Lipinski definition) is 1. The average Bonchev–Trinajstić information content (AvgIpc) is 3.67. The van der Waals surface area contributed by atoms with Gasteiger partial charge in [0.15, 0.2) is 0 Å². The zero-order valence-electron chi connectivity index (χ0n) is 23.6. The fourth-order valence-corrected chi connectivity index (χ4v) is 5.62. The van der Waals surface area contributed by atoms with E-state index in [1.807, 2.05) is 0 Å². The van der Waals surface area contributed by atoms with Gasteiger partial charge in [-0.2, -0.15) is 13.9 Å². The van der Waals surface area contributed by atoms with Crippen LogP contribution < -0.4 is 10.9 Å². The molecule has 45 heavy (non-hydrogen) atoms. The van der Waals surface area contributed by atoms with Crippen LogP contribution in [0.1, 0.15) is 56.5 Å². The lowest BCUT2D eigenvalue weighted by molar-refractivity contribution is -0.119. The highest BCUT2D eigenvalue weighted by atomic mass is 35.5. The van der Waals surface area contributed by atoms with Crippen LogP contribution in [0.15, 0.2) is 72.0 Å². The molecule has 5 aromatic rings. The maximum atomic E-state index is 13.9. The van der Waals surface area contributed by atoms with Gasteiger partial charge in [0.1, 0.15) is 5.69 Å². The molecule has 6 rings (SSSR count). The zero-order chi connectivity index (χ0) is 31.8. The van der Waals surface area contributed by atoms with Crippen molar-refractivity contribution in [1.29, 1.82) is 0 Å². The number of carbonyl (C=O) groups excluding carboxylic acids is 1. The van der Waals surface area contributed by atoms with E-state index in [1.54, 1.807) is 49.4 Å². The minimum Gasteiger partial charge on any atom is -0.323 e. The second-order valence-electron chi connectivity index (χ2n) is 10.7. The summed E-state index contributed by atoms with van der Waals surface area (Å²) < 4.78 is 57.4. The molecule has 0 aliphatic carbocycles. The van der Waals surface area contributed by atoms with Crippen molar-refractivity contribution in [2.75, 3.05) is 5.32 Å². The van der Waals surface area contributed by atoms with Crippen LogP contribution in [0.2, 0.25) is 5.02 Å². The number of nitrogens with one attached hydrogen (secondary N) is 1. The molecule has 0 unspecified atom stereocenters. The van der Waals surface area contributed by atoms with Crippen molar-refractivity contribution in [2.24, 2.45) is 5.92 Å². The molecular formula is C30H25ClF4N8O2. The quantitative estimate of drug-likeness (QED) is 0.214. The number of amides is 1. The molecule has 0 fully saturated rings. The SMILES string of the molecule is C[C@@H]1CCC[C@H](n2cnc(-c3cc(Cl)ccc3-n3cc(C(F)F)nn3)cc2=O)c2cccc(c2)-c2c(cnn2C(F)F)NC1=O. The minimum absolute atomic E-state index is 0.0455. The molecule has 232 valence electrons. The predicted molar refractivity (Wildman–Crippen MR) is 158 cm³/mol. The number of anilines is 1. The van der Waals surface area contributed by atoms with Gasteiger partial charge in [0.25, 0.3) is 12.0 Å². The molecule has 1 amide bonds. The molecule has 15 heteroatoms. The Morgan fingerprint density at radius 2 is 1.87 bits per heavy atom. The van der Waals surface area contributed by atoms with Crippen LogP contribution in [0, 0.1) is 5.92 Å². The molecule has 2 aromatic carbocycles. The van der Waals surface area contributed by atoms with E-state index in [9.17, 15) is 27.2 Å². The molecule has 1 aliphatic heterocycles. The van der Waals surface area contributed by atoms with Gasteiger partial charge in [0.2, 0.25) is 5.91 Å². The highest BCUT2D eigenvalue weighted by molar-refractivity contribution is 6.31. The van der Waals surface area contributed by atoms with Crippen molar-refractivity contribution in [3.05, 3.63) is 93.9 Å². The van der Waals surface area contributed by atoms with E-state index in [0.717, 1.165) is 10.9 Å². The van der Waals surface area contributed by atoms with Gasteiger partial charge in [-0.1, -0.05) is 48.4 Å². The van der Waals surface area contributed by atoms with E-state index in [0.29, 0.717) is 51.3 Å². The Bertz CT molecular complexity index is 1940. The number of aromatic nitrogens is 7. The lowest BCUT2D eigenvalue weighted by Gasteiger charge is -2.23. The van der Waals surface area contributed by atoms with Crippen molar-refractivity contribution in [3.8, 4) is 28.2 Å². The minimum atomic E-state index is -2.95. The number of fused-ring (bicyclic) bond motifs is 4. The Morgan fingerprint density at radius 3 is 2.60 bits per heavy atom. The predicted octanol–water partition coefficient (Wildman–Crippen LogP) is 6.69. The first-order chi connectivity index (χ1) is 21.6. The fraction of sp³-hybridized carbons (Fsp3) is 0.267. The smallest absolute Gasteiger partial charge is 0.323 e. The highest BCUT2D eigenvalue weighted by Gasteiger charge is 2.26. The summed E-state index contributed by atoms with van der Waals surface area (Å²) in [6, 6.07) is 12.2. The van der Waals surface area contributed by atoms with Gasteiger partial charge in [0.05, 0.1) is 47.5 Å². The monoisotopic (exact) mass is 640 g/mol. The van der Waals surface area contributed by atoms with Gasteiger partial charge in [-0.3, -0.25) is 14.2 Å². The van der Waals surface area contributed by atoms with Gasteiger partial charge >= 0.3 is 6.55 Å². The molecule has 2 bridgehead atoms. The molecule has 3 aromatic heterocycles. The number of alkyl halides is 4. The number of benzene rings is 2. The third kappa shape index (κ3) is 5.97. The Balaban J connectivity index is 1.43. The fourth-order valence-electron chi connectivity index (χ4n) is 5.45. The summed E-state index contributed by atoms with van der Waals surface area (Å²) in [5, 5.41) is 14.2. The van der Waals surface area contributed by atoms with Crippen molar-refractivity contribution >= 4 is 23.2 Å². The first kappa shape index (κ1) is 30.2. The van der Waals surface area contributed by atoms with Crippen molar-refractivity contribution in [2.45, 2.75) is 45.2 Å². The molecule has 0 radical (unpaired) electrons. The first-order valence-corrected chi connectivity index (χ1v) is 14.3. The molecule has 0 saturated heterocycles. The van der Waals surface area contributed by atoms with Gasteiger partial charge in [0, 0.05) is 28.1 Å². The van der Waals surface area contributed by atoms with Gasteiger partial charge in [-0.25, -0.2) is 23.1 Å². The van der Waals surface area contributed by atoms with E-state index in [4.69, 9.17) is 11.6 Å². The van der Waals surface area contributed by atoms with Crippen LogP contribution in [-0.4, -0.2) is 40.2 Å². The van der Waals surface area contributed by atoms with Crippen LogP contribution in [0.3, 0.4) is 0 Å². The number of nitrogens with zero attached hydrogens (tertiary/aromatic N) is 7. The number of carbonyl (C=O) groups is 1. The Kier molecular flexibility index (Phi) is 8.23. The van der Waals surface area contributed by atoms with Crippen LogP contribution in [0.5, 0.6) is 0 Å². The Morgan fingerprint density at radius 1 is 1.04 bits per heavy atom. The summed E-state index contributed by atoms with van der Waals surface area (Å²) in [4.78, 5) is 31.1. The van der Waals surface area contributed by atoms with E-state index < -0.39 is 36.2 Å². The van der Waals surface area contributed by atoms with E-state index in [-0.39, 0.29) is 23.0 Å². The molecule has 2 atom stereocenters. The largest absolute Gasteiger partial charge is 0.333 e. The third-order valence-electron chi connectivity index (χ3n) is 7.73. The Hall–Kier alpha value is -4.85. The summed E-state index contributed by atoms with van der Waals surface area (Å²) in [6.07, 6.45) is 2.34. The topological polar surface area (TPSA) is 113 Å². The Labute approximate surface area is 258 Å². The zero-order valence-corrected chi connectivity index (χ0v) is 24.4. The van der Waals surface area contributed by atoms with E-state index >= 15 is 0 Å². The first-order valence-electron chi connectivity index (χ1n) is 14.0. The average molecular weight is 641 g/mol. The maximum Gasteiger partial charge on any atom is 0.333 e. The summed E-state index contributed by atoms with van der Waals surface area (Å²) in [6.45, 7) is -1.21. The molecule has 10 nitrogen and oxygen atoms in total. The molecule has 1 N–H and O–H groups in total. The summed E-state index contributed by atoms with van der Waals surface area (Å²) in [7, 11) is 0. The van der Waals surface area contributed by atoms with Crippen molar-refractivity contribution < 1.29 is 22.4 Å². The van der Waals surface area contributed by atoms with Crippen molar-refractivity contribution in [3.63, 3.8) is 0 Å². The standard InChI is InChI=1S/C30H25ClF4N8O2/c1-16-4-2-7-24(17-5-3-6-18(10-17)27-22(38-29(16)45)13-37-43(27)30(34)35)41-15-36-21(12-26(41)44)20-11-19(31)8-9-25(20)42-14-23(28(32)33)39-40-42/h3,5-6,8-16,24,28,30H,2,4,7H2,1H3,(H,38,45)/t16-,24+/m1/s1. The number of rotatable bonds is 5. The summed E-state index contributed by atoms with van der Waals surface area (Å²) in [5.41, 5.74) is 1.24. The maximum absolute atomic E-state index is 13.9. The highest BCUT2D eigenvalue weighted by Crippen LogP contribution is 2.36. The second-order valence-corrected chi connectivity index (χ2v) is 11.1. The van der Waals surface area contributed by atoms with Crippen LogP contribution in [0.4, 0.5) is 23.2 Å². The third-order valence-corrected chi connectivity index (χ3v) is 7.97. The lowest BCUT2D eigenvalue weighted by Crippen LogP contribution is -2.26. The molecule has 0 spiro atoms. The van der Waals surface area contributed by atoms with Crippen molar-refractivity contribution in [1.82, 2.24) is 34.3 Å². The van der Waals surface area contributed by atoms with Crippen LogP contribution in [-0.2, 0) is 4.79 Å². The second kappa shape index (κ2) is 12.3. The van der Waals surface area contributed by atoms with Gasteiger partial charge < -0.3 is 5.32 Å². The normalized spacial score (nSPS) is 17.1. The van der Waals surface area contributed by atoms with E-state index in [2.05, 4.69) is 25.7 Å². The summed E-state index contributed by atoms with van der Waals surface area (Å²) in [5.74, 6) is -0.765. The summed E-state index contributed by atoms with van der Waals surface area (Å²) >= 11 is 6.25. The van der Waals surface area contributed by atoms with Crippen LogP contribution in [0.25, 0.3) is 28.2 Å². The number of hydrogen-bond acceptors (Lipinski definition) is 6. The molecule has 4 heterocycles. The molecular weight excluding hydrogens is 616 g/mol. The van der Waals surface area contributed by atoms with Gasteiger partial charge in [-0.05, 0) is 42.7 Å². The van der Waals surface area contributed by atoms with Gasteiger partial charge in [-0.15, -0.1) is 5.10 Å². The molecule has 1 aliphatic rings. The number of halogens is 5. The lowest BCUT2D eigenvalue weighted by atomic mass is 9.94. The molecule has 0 saturated carbocycles.